The molecule has 0 spiro atoms. The molecule has 3 heterocycles. The molecule has 1 fully saturated rings. The quantitative estimate of drug-likeness (QED) is 0.0582. The van der Waals surface area contributed by atoms with E-state index in [1.807, 2.05) is 83.5 Å². The number of carbonyl (C=O) groups excluding carboxylic acids is 3. The fourth-order valence-electron chi connectivity index (χ4n) is 8.66. The van der Waals surface area contributed by atoms with Crippen LogP contribution in [0.1, 0.15) is 94.6 Å². The number of benzene rings is 3. The maximum Gasteiger partial charge on any atom is 0.246 e. The SMILES string of the molecule is [C-]#[N+]c1ccc(N(CC)c2cc(-c3c(C)nn(CCCCCOCC(=O)N[C@H](C(=O)N4C[C@H](O)C[C@H]4C(=O)N[C@@H](C)c4ccc(-c5scnc5C)cc4)C(C)(C)C)c3C)ccc2C)cc1Cl. The van der Waals surface area contributed by atoms with Gasteiger partial charge in [-0.15, -0.1) is 11.3 Å². The highest BCUT2D eigenvalue weighted by molar-refractivity contribution is 7.13. The third-order valence-corrected chi connectivity index (χ3v) is 13.6. The van der Waals surface area contributed by atoms with Crippen molar-refractivity contribution in [1.82, 2.24) is 30.3 Å². The second-order valence-electron chi connectivity index (χ2n) is 18.3. The standard InChI is InChI=1S/C51H63ClN8O5S/c1-11-58(39-21-22-42(53-10)41(52)26-39)43-25-38(16-15-31(43)2)46-33(4)57-60(35(46)6)23-13-12-14-24-65-29-45(62)56-48(51(7,8)9)50(64)59-28-40(61)27-44(59)49(63)55-32(3)36-17-19-37(20-18-36)47-34(5)54-30-66-47/h15-22,25-26,30,32,40,44,48,61H,11-14,23-24,27-29H2,1-9H3,(H,55,63)(H,56,62)/t32-,40+,44-,48+/m0/s1. The van der Waals surface area contributed by atoms with Crippen molar-refractivity contribution in [3.63, 3.8) is 0 Å². The topological polar surface area (TPSA) is 146 Å². The Bertz CT molecular complexity index is 2560. The number of likely N-dealkylation sites (tertiary alicyclic amines) is 1. The Morgan fingerprint density at radius 3 is 2.38 bits per heavy atom. The lowest BCUT2D eigenvalue weighted by Crippen LogP contribution is -2.58. The molecule has 0 bridgehead atoms. The third kappa shape index (κ3) is 11.7. The van der Waals surface area contributed by atoms with Crippen LogP contribution in [0.4, 0.5) is 17.1 Å². The summed E-state index contributed by atoms with van der Waals surface area (Å²) in [5.74, 6) is -1.20. The number of aliphatic hydroxyl groups excluding tert-OH is 1. The summed E-state index contributed by atoms with van der Waals surface area (Å²) < 4.78 is 7.83. The van der Waals surface area contributed by atoms with Crippen molar-refractivity contribution in [2.24, 2.45) is 5.41 Å². The lowest BCUT2D eigenvalue weighted by molar-refractivity contribution is -0.144. The minimum absolute atomic E-state index is 0.00552. The van der Waals surface area contributed by atoms with Crippen LogP contribution in [-0.2, 0) is 25.7 Å². The highest BCUT2D eigenvalue weighted by atomic mass is 35.5. The van der Waals surface area contributed by atoms with Crippen molar-refractivity contribution in [2.75, 3.05) is 31.2 Å². The van der Waals surface area contributed by atoms with E-state index in [4.69, 9.17) is 28.0 Å². The van der Waals surface area contributed by atoms with E-state index in [2.05, 4.69) is 69.0 Å². The van der Waals surface area contributed by atoms with Gasteiger partial charge in [0, 0.05) is 60.3 Å². The largest absolute Gasteiger partial charge is 0.391 e. The molecule has 1 saturated heterocycles. The molecule has 4 atom stereocenters. The van der Waals surface area contributed by atoms with Crippen LogP contribution in [0.5, 0.6) is 0 Å². The van der Waals surface area contributed by atoms with E-state index in [-0.39, 0.29) is 31.5 Å². The van der Waals surface area contributed by atoms with Crippen molar-refractivity contribution in [1.29, 1.82) is 0 Å². The van der Waals surface area contributed by atoms with Gasteiger partial charge in [-0.1, -0.05) is 74.8 Å². The lowest BCUT2D eigenvalue weighted by Gasteiger charge is -2.35. The van der Waals surface area contributed by atoms with Gasteiger partial charge < -0.3 is 30.3 Å². The average Bonchev–Trinajstić information content (AvgIpc) is 3.98. The van der Waals surface area contributed by atoms with Gasteiger partial charge in [0.2, 0.25) is 23.4 Å². The zero-order valence-electron chi connectivity index (χ0n) is 39.6. The van der Waals surface area contributed by atoms with E-state index in [0.717, 1.165) is 93.5 Å². The van der Waals surface area contributed by atoms with Gasteiger partial charge in [0.05, 0.1) is 40.5 Å². The monoisotopic (exact) mass is 934 g/mol. The predicted molar refractivity (Wildman–Crippen MR) is 263 cm³/mol. The Morgan fingerprint density at radius 2 is 1.73 bits per heavy atom. The molecule has 3 aromatic carbocycles. The number of rotatable bonds is 18. The number of carbonyl (C=O) groups is 3. The Balaban J connectivity index is 0.976. The van der Waals surface area contributed by atoms with Gasteiger partial charge in [-0.05, 0) is 107 Å². The summed E-state index contributed by atoms with van der Waals surface area (Å²) in [6.07, 6.45) is 1.72. The zero-order chi connectivity index (χ0) is 47.9. The first-order valence-electron chi connectivity index (χ1n) is 22.7. The molecular weight excluding hydrogens is 872 g/mol. The van der Waals surface area contributed by atoms with Gasteiger partial charge in [-0.3, -0.25) is 19.1 Å². The number of ether oxygens (including phenoxy) is 1. The molecule has 3 N–H and O–H groups in total. The molecule has 66 heavy (non-hydrogen) atoms. The lowest BCUT2D eigenvalue weighted by atomic mass is 9.85. The molecule has 1 aliphatic rings. The molecule has 3 amide bonds. The van der Waals surface area contributed by atoms with Crippen molar-refractivity contribution in [3.8, 4) is 21.6 Å². The fraction of sp³-hybridized carbons (Fsp3) is 0.451. The molecule has 13 nitrogen and oxygen atoms in total. The van der Waals surface area contributed by atoms with Gasteiger partial charge >= 0.3 is 0 Å². The summed E-state index contributed by atoms with van der Waals surface area (Å²) in [6, 6.07) is 17.8. The maximum atomic E-state index is 14.1. The first-order valence-corrected chi connectivity index (χ1v) is 23.9. The van der Waals surface area contributed by atoms with Gasteiger partial charge in [0.15, 0.2) is 0 Å². The highest BCUT2D eigenvalue weighted by Gasteiger charge is 2.44. The first kappa shape index (κ1) is 49.8. The summed E-state index contributed by atoms with van der Waals surface area (Å²) in [4.78, 5) is 53.6. The van der Waals surface area contributed by atoms with Crippen LogP contribution in [0, 0.1) is 39.7 Å². The van der Waals surface area contributed by atoms with Crippen molar-refractivity contribution < 1.29 is 24.2 Å². The summed E-state index contributed by atoms with van der Waals surface area (Å²) in [5, 5.41) is 21.9. The molecule has 0 radical (unpaired) electrons. The number of hydrogen-bond donors (Lipinski definition) is 3. The number of aromatic nitrogens is 3. The van der Waals surface area contributed by atoms with E-state index in [0.29, 0.717) is 17.3 Å². The Hall–Kier alpha value is -5.59. The molecule has 0 saturated carbocycles. The summed E-state index contributed by atoms with van der Waals surface area (Å²) in [5.41, 5.74) is 11.8. The van der Waals surface area contributed by atoms with Crippen LogP contribution in [0.3, 0.4) is 0 Å². The maximum absolute atomic E-state index is 14.1. The second kappa shape index (κ2) is 21.8. The summed E-state index contributed by atoms with van der Waals surface area (Å²) in [6.45, 7) is 26.7. The Kier molecular flexibility index (Phi) is 16.5. The number of hydrogen-bond acceptors (Lipinski definition) is 9. The Labute approximate surface area is 398 Å². The van der Waals surface area contributed by atoms with Crippen LogP contribution in [-0.4, -0.2) is 87.0 Å². The number of unbranched alkanes of at least 4 members (excludes halogenated alkanes) is 2. The fourth-order valence-corrected chi connectivity index (χ4v) is 9.69. The minimum atomic E-state index is -0.945. The number of halogens is 1. The van der Waals surface area contributed by atoms with E-state index in [9.17, 15) is 19.5 Å². The summed E-state index contributed by atoms with van der Waals surface area (Å²) >= 11 is 8.00. The molecule has 6 rings (SSSR count). The minimum Gasteiger partial charge on any atom is -0.391 e. The molecule has 15 heteroatoms. The smallest absolute Gasteiger partial charge is 0.246 e. The van der Waals surface area contributed by atoms with Gasteiger partial charge in [-0.25, -0.2) is 9.83 Å². The molecule has 5 aromatic rings. The van der Waals surface area contributed by atoms with Gasteiger partial charge in [-0.2, -0.15) is 5.10 Å². The van der Waals surface area contributed by atoms with E-state index in [1.165, 1.54) is 4.90 Å². The highest BCUT2D eigenvalue weighted by Crippen LogP contribution is 2.38. The second-order valence-corrected chi connectivity index (χ2v) is 19.5. The zero-order valence-corrected chi connectivity index (χ0v) is 41.1. The molecule has 350 valence electrons. The van der Waals surface area contributed by atoms with E-state index in [1.54, 1.807) is 17.4 Å². The third-order valence-electron chi connectivity index (χ3n) is 12.3. The van der Waals surface area contributed by atoms with Crippen LogP contribution in [0.25, 0.3) is 26.4 Å². The van der Waals surface area contributed by atoms with Crippen molar-refractivity contribution >= 4 is 57.7 Å². The Morgan fingerprint density at radius 1 is 1.00 bits per heavy atom. The number of nitrogens with zero attached hydrogens (tertiary/aromatic N) is 6. The van der Waals surface area contributed by atoms with Gasteiger partial charge in [0.25, 0.3) is 0 Å². The van der Waals surface area contributed by atoms with Crippen LogP contribution >= 0.6 is 22.9 Å². The van der Waals surface area contributed by atoms with Gasteiger partial charge in [0.1, 0.15) is 18.7 Å². The van der Waals surface area contributed by atoms with Crippen LogP contribution in [0.2, 0.25) is 5.02 Å². The number of aliphatic hydroxyl groups is 1. The molecule has 0 unspecified atom stereocenters. The number of anilines is 2. The summed E-state index contributed by atoms with van der Waals surface area (Å²) in [7, 11) is 0. The molecule has 0 aliphatic carbocycles. The predicted octanol–water partition coefficient (Wildman–Crippen LogP) is 9.83. The van der Waals surface area contributed by atoms with Crippen molar-refractivity contribution in [2.45, 2.75) is 119 Å². The number of amides is 3. The molecule has 1 aliphatic heterocycles. The van der Waals surface area contributed by atoms with E-state index >= 15 is 0 Å². The van der Waals surface area contributed by atoms with Crippen LogP contribution in [0.15, 0.2) is 66.2 Å². The van der Waals surface area contributed by atoms with Crippen molar-refractivity contribution in [3.05, 3.63) is 111 Å². The number of thiazole rings is 1. The average molecular weight is 936 g/mol. The number of nitrogens with one attached hydrogen (secondary N) is 2. The van der Waals surface area contributed by atoms with E-state index < -0.39 is 35.4 Å². The molecule has 2 aromatic heterocycles. The first-order chi connectivity index (χ1) is 31.4. The number of aryl methyl sites for hydroxylation is 4. The normalized spacial score (nSPS) is 15.9. The van der Waals surface area contributed by atoms with Crippen LogP contribution < -0.4 is 15.5 Å². The molecular formula is C51H63ClN8O5S. The number of β-amino-alcohol motifs (C(OH)–C–C–N with tert-alkyl or cyclic N) is 1.